The highest BCUT2D eigenvalue weighted by Gasteiger charge is 1.95. The predicted octanol–water partition coefficient (Wildman–Crippen LogP) is 2.84. The first kappa shape index (κ1) is 12.5. The molecule has 0 bridgehead atoms. The molecule has 1 heterocycles. The third-order valence-electron chi connectivity index (χ3n) is 2.73. The minimum absolute atomic E-state index is 0.266. The third-order valence-corrected chi connectivity index (χ3v) is 2.73. The number of rotatable bonds is 7. The zero-order chi connectivity index (χ0) is 12.6. The van der Waals surface area contributed by atoms with E-state index in [-0.39, 0.29) is 5.75 Å². The number of imidazole rings is 1. The zero-order valence-corrected chi connectivity index (χ0v) is 10.3. The number of hydrogen-bond acceptors (Lipinski definition) is 3. The van der Waals surface area contributed by atoms with Crippen molar-refractivity contribution in [3.63, 3.8) is 0 Å². The van der Waals surface area contributed by atoms with Crippen LogP contribution in [0.3, 0.4) is 0 Å². The highest BCUT2D eigenvalue weighted by atomic mass is 16.5. The summed E-state index contributed by atoms with van der Waals surface area (Å²) >= 11 is 0. The first-order valence-corrected chi connectivity index (χ1v) is 6.22. The fraction of sp³-hybridized carbons (Fsp3) is 0.357. The van der Waals surface area contributed by atoms with E-state index in [9.17, 15) is 0 Å². The van der Waals surface area contributed by atoms with Gasteiger partial charge in [-0.3, -0.25) is 0 Å². The van der Waals surface area contributed by atoms with Crippen LogP contribution < -0.4 is 4.74 Å². The lowest BCUT2D eigenvalue weighted by molar-refractivity contribution is 0.303. The van der Waals surface area contributed by atoms with Gasteiger partial charge < -0.3 is 14.4 Å². The second-order valence-corrected chi connectivity index (χ2v) is 4.20. The molecule has 0 spiro atoms. The molecule has 0 aliphatic carbocycles. The Morgan fingerprint density at radius 1 is 1.11 bits per heavy atom. The lowest BCUT2D eigenvalue weighted by Crippen LogP contribution is -1.99. The Bertz CT molecular complexity index is 437. The van der Waals surface area contributed by atoms with Gasteiger partial charge >= 0.3 is 0 Å². The summed E-state index contributed by atoms with van der Waals surface area (Å²) in [6, 6.07) is 6.82. The van der Waals surface area contributed by atoms with Crippen molar-refractivity contribution >= 4 is 0 Å². The molecule has 0 unspecified atom stereocenters. The highest BCUT2D eigenvalue weighted by molar-refractivity contribution is 5.29. The van der Waals surface area contributed by atoms with Crippen LogP contribution in [0.25, 0.3) is 0 Å². The molecule has 2 rings (SSSR count). The Morgan fingerprint density at radius 3 is 2.67 bits per heavy atom. The van der Waals surface area contributed by atoms with E-state index < -0.39 is 0 Å². The molecule has 96 valence electrons. The van der Waals surface area contributed by atoms with Crippen molar-refractivity contribution in [1.29, 1.82) is 0 Å². The van der Waals surface area contributed by atoms with Crippen LogP contribution in [0.2, 0.25) is 0 Å². The molecule has 0 radical (unpaired) electrons. The van der Waals surface area contributed by atoms with Gasteiger partial charge in [0, 0.05) is 18.9 Å². The number of nitrogens with zero attached hydrogens (tertiary/aromatic N) is 2. The Hall–Kier alpha value is -1.97. The van der Waals surface area contributed by atoms with Crippen molar-refractivity contribution in [3.8, 4) is 11.5 Å². The molecule has 1 aromatic heterocycles. The summed E-state index contributed by atoms with van der Waals surface area (Å²) in [5.74, 6) is 1.07. The molecule has 18 heavy (non-hydrogen) atoms. The van der Waals surface area contributed by atoms with Gasteiger partial charge in [0.25, 0.3) is 0 Å². The second-order valence-electron chi connectivity index (χ2n) is 4.20. The maximum atomic E-state index is 9.13. The first-order chi connectivity index (χ1) is 8.84. The van der Waals surface area contributed by atoms with Crippen molar-refractivity contribution in [1.82, 2.24) is 9.55 Å². The lowest BCUT2D eigenvalue weighted by atomic mass is 10.2. The number of aryl methyl sites for hydroxylation is 1. The Labute approximate surface area is 107 Å². The van der Waals surface area contributed by atoms with Crippen molar-refractivity contribution in [3.05, 3.63) is 43.0 Å². The molecule has 4 heteroatoms. The first-order valence-electron chi connectivity index (χ1n) is 6.22. The standard InChI is InChI=1S/C14H18N2O2/c17-13-4-6-14(7-5-13)18-11-3-1-2-9-16-10-8-15-12-16/h4-8,10,12,17H,1-3,9,11H2. The molecule has 0 aliphatic rings. The fourth-order valence-corrected chi connectivity index (χ4v) is 1.72. The Morgan fingerprint density at radius 2 is 1.94 bits per heavy atom. The average Bonchev–Trinajstić information content (AvgIpc) is 2.89. The fourth-order valence-electron chi connectivity index (χ4n) is 1.72. The van der Waals surface area contributed by atoms with Gasteiger partial charge in [0.15, 0.2) is 0 Å². The van der Waals surface area contributed by atoms with E-state index in [1.807, 2.05) is 12.5 Å². The summed E-state index contributed by atoms with van der Waals surface area (Å²) in [6.45, 7) is 1.73. The number of phenolic OH excluding ortho intramolecular Hbond substituents is 1. The van der Waals surface area contributed by atoms with E-state index in [2.05, 4.69) is 9.55 Å². The van der Waals surface area contributed by atoms with Gasteiger partial charge in [0.05, 0.1) is 12.9 Å². The number of phenols is 1. The summed E-state index contributed by atoms with van der Waals surface area (Å²) in [6.07, 6.45) is 8.93. The van der Waals surface area contributed by atoms with Gasteiger partial charge in [-0.2, -0.15) is 0 Å². The van der Waals surface area contributed by atoms with Crippen LogP contribution in [-0.2, 0) is 6.54 Å². The van der Waals surface area contributed by atoms with Crippen molar-refractivity contribution in [2.75, 3.05) is 6.61 Å². The molecular formula is C14H18N2O2. The largest absolute Gasteiger partial charge is 0.508 e. The van der Waals surface area contributed by atoms with Crippen LogP contribution in [0, 0.1) is 0 Å². The maximum absolute atomic E-state index is 9.13. The van der Waals surface area contributed by atoms with Gasteiger partial charge in [-0.25, -0.2) is 4.98 Å². The number of unbranched alkanes of at least 4 members (excludes halogenated alkanes) is 2. The van der Waals surface area contributed by atoms with E-state index in [0.29, 0.717) is 6.61 Å². The van der Waals surface area contributed by atoms with Crippen molar-refractivity contribution in [2.24, 2.45) is 0 Å². The SMILES string of the molecule is Oc1ccc(OCCCCCn2ccnc2)cc1. The number of aromatic hydroxyl groups is 1. The number of ether oxygens (including phenoxy) is 1. The summed E-state index contributed by atoms with van der Waals surface area (Å²) < 4.78 is 7.65. The summed E-state index contributed by atoms with van der Waals surface area (Å²) in [7, 11) is 0. The minimum Gasteiger partial charge on any atom is -0.508 e. The molecular weight excluding hydrogens is 228 g/mol. The Balaban J connectivity index is 1.55. The Kier molecular flexibility index (Phi) is 4.64. The highest BCUT2D eigenvalue weighted by Crippen LogP contribution is 2.16. The average molecular weight is 246 g/mol. The van der Waals surface area contributed by atoms with Crippen LogP contribution in [0.4, 0.5) is 0 Å². The van der Waals surface area contributed by atoms with Gasteiger partial charge in [0.2, 0.25) is 0 Å². The van der Waals surface area contributed by atoms with E-state index >= 15 is 0 Å². The zero-order valence-electron chi connectivity index (χ0n) is 10.3. The van der Waals surface area contributed by atoms with Crippen molar-refractivity contribution in [2.45, 2.75) is 25.8 Å². The van der Waals surface area contributed by atoms with E-state index in [0.717, 1.165) is 31.6 Å². The van der Waals surface area contributed by atoms with Gasteiger partial charge in [-0.1, -0.05) is 0 Å². The molecule has 4 nitrogen and oxygen atoms in total. The van der Waals surface area contributed by atoms with E-state index in [1.165, 1.54) is 0 Å². The van der Waals surface area contributed by atoms with Gasteiger partial charge in [0.1, 0.15) is 11.5 Å². The quantitative estimate of drug-likeness (QED) is 0.764. The maximum Gasteiger partial charge on any atom is 0.119 e. The number of aromatic nitrogens is 2. The molecule has 0 saturated heterocycles. The summed E-state index contributed by atoms with van der Waals surface area (Å²) in [5.41, 5.74) is 0. The van der Waals surface area contributed by atoms with Crippen LogP contribution in [-0.4, -0.2) is 21.3 Å². The summed E-state index contributed by atoms with van der Waals surface area (Å²) in [4.78, 5) is 4.00. The molecule has 1 N–H and O–H groups in total. The molecule has 0 fully saturated rings. The van der Waals surface area contributed by atoms with Crippen LogP contribution in [0.1, 0.15) is 19.3 Å². The van der Waals surface area contributed by atoms with E-state index in [4.69, 9.17) is 9.84 Å². The molecule has 2 aromatic rings. The molecule has 0 saturated carbocycles. The van der Waals surface area contributed by atoms with Crippen LogP contribution in [0.15, 0.2) is 43.0 Å². The smallest absolute Gasteiger partial charge is 0.119 e. The van der Waals surface area contributed by atoms with Crippen LogP contribution >= 0.6 is 0 Å². The van der Waals surface area contributed by atoms with Crippen molar-refractivity contribution < 1.29 is 9.84 Å². The van der Waals surface area contributed by atoms with Gasteiger partial charge in [-0.15, -0.1) is 0 Å². The van der Waals surface area contributed by atoms with Crippen LogP contribution in [0.5, 0.6) is 11.5 Å². The topological polar surface area (TPSA) is 47.3 Å². The number of benzene rings is 1. The molecule has 0 aliphatic heterocycles. The minimum atomic E-state index is 0.266. The molecule has 1 aromatic carbocycles. The third kappa shape index (κ3) is 4.13. The summed E-state index contributed by atoms with van der Waals surface area (Å²) in [5, 5.41) is 9.13. The monoisotopic (exact) mass is 246 g/mol. The lowest BCUT2D eigenvalue weighted by Gasteiger charge is -2.06. The predicted molar refractivity (Wildman–Crippen MR) is 69.7 cm³/mol. The molecule has 0 atom stereocenters. The van der Waals surface area contributed by atoms with E-state index in [1.54, 1.807) is 30.5 Å². The normalized spacial score (nSPS) is 10.4. The van der Waals surface area contributed by atoms with Gasteiger partial charge in [-0.05, 0) is 43.5 Å². The second kappa shape index (κ2) is 6.69. The number of hydrogen-bond donors (Lipinski definition) is 1. The molecule has 0 amide bonds.